The van der Waals surface area contributed by atoms with Gasteiger partial charge < -0.3 is 9.47 Å². The standard InChI is InChI=1S/C17H18ClNO4/c1-11-7-8-16(14(18)9-11)23-10-13-12(2)5-4-6-15(13)19(21)17(20)22-3/h4-9,21H,10H2,1-3H3. The summed E-state index contributed by atoms with van der Waals surface area (Å²) in [5.74, 6) is 0.536. The molecule has 0 aliphatic rings. The maximum Gasteiger partial charge on any atom is 0.438 e. The van der Waals surface area contributed by atoms with Crippen molar-refractivity contribution >= 4 is 23.4 Å². The van der Waals surface area contributed by atoms with Crippen LogP contribution in [-0.2, 0) is 11.3 Å². The molecule has 2 aromatic carbocycles. The van der Waals surface area contributed by atoms with Gasteiger partial charge in [0.15, 0.2) is 0 Å². The van der Waals surface area contributed by atoms with Crippen LogP contribution in [0.4, 0.5) is 10.5 Å². The fourth-order valence-electron chi connectivity index (χ4n) is 2.13. The Morgan fingerprint density at radius 2 is 2.00 bits per heavy atom. The number of amides is 1. The first-order valence-electron chi connectivity index (χ1n) is 6.98. The van der Waals surface area contributed by atoms with Gasteiger partial charge in [0.25, 0.3) is 0 Å². The summed E-state index contributed by atoms with van der Waals surface area (Å²) >= 11 is 6.15. The summed E-state index contributed by atoms with van der Waals surface area (Å²) in [6, 6.07) is 10.7. The minimum absolute atomic E-state index is 0.152. The summed E-state index contributed by atoms with van der Waals surface area (Å²) in [6.45, 7) is 3.96. The number of rotatable bonds is 4. The molecule has 0 aliphatic carbocycles. The summed E-state index contributed by atoms with van der Waals surface area (Å²) in [5.41, 5.74) is 2.87. The first kappa shape index (κ1) is 17.1. The van der Waals surface area contributed by atoms with Gasteiger partial charge in [0.05, 0.1) is 17.8 Å². The van der Waals surface area contributed by atoms with Gasteiger partial charge in [-0.3, -0.25) is 5.21 Å². The van der Waals surface area contributed by atoms with Crippen molar-refractivity contribution in [3.8, 4) is 5.75 Å². The summed E-state index contributed by atoms with van der Waals surface area (Å²) in [5, 5.41) is 10.9. The Bertz CT molecular complexity index is 718. The van der Waals surface area contributed by atoms with Crippen LogP contribution < -0.4 is 9.80 Å². The lowest BCUT2D eigenvalue weighted by atomic mass is 10.1. The first-order valence-corrected chi connectivity index (χ1v) is 7.36. The monoisotopic (exact) mass is 335 g/mol. The molecule has 6 heteroatoms. The molecule has 0 bridgehead atoms. The molecule has 2 aromatic rings. The molecule has 0 spiro atoms. The van der Waals surface area contributed by atoms with Gasteiger partial charge in [0.2, 0.25) is 0 Å². The Labute approximate surface area is 140 Å². The van der Waals surface area contributed by atoms with Gasteiger partial charge >= 0.3 is 6.09 Å². The lowest BCUT2D eigenvalue weighted by Gasteiger charge is -2.19. The van der Waals surface area contributed by atoms with Gasteiger partial charge in [-0.2, -0.15) is 5.06 Å². The highest BCUT2D eigenvalue weighted by Gasteiger charge is 2.19. The van der Waals surface area contributed by atoms with Gasteiger partial charge in [0, 0.05) is 5.56 Å². The van der Waals surface area contributed by atoms with E-state index < -0.39 is 6.09 Å². The molecule has 0 aliphatic heterocycles. The van der Waals surface area contributed by atoms with E-state index in [-0.39, 0.29) is 6.61 Å². The first-order chi connectivity index (χ1) is 10.9. The second kappa shape index (κ2) is 7.35. The molecule has 5 nitrogen and oxygen atoms in total. The second-order valence-electron chi connectivity index (χ2n) is 5.08. The van der Waals surface area contributed by atoms with Crippen molar-refractivity contribution in [2.75, 3.05) is 12.2 Å². The predicted octanol–water partition coefficient (Wildman–Crippen LogP) is 4.50. The topological polar surface area (TPSA) is 59.0 Å². The maximum absolute atomic E-state index is 11.5. The largest absolute Gasteiger partial charge is 0.487 e. The van der Waals surface area contributed by atoms with Crippen LogP contribution in [0.3, 0.4) is 0 Å². The summed E-state index contributed by atoms with van der Waals surface area (Å²) in [4.78, 5) is 11.5. The van der Waals surface area contributed by atoms with E-state index in [2.05, 4.69) is 4.74 Å². The van der Waals surface area contributed by atoms with E-state index in [1.54, 1.807) is 18.2 Å². The molecule has 0 heterocycles. The Morgan fingerprint density at radius 1 is 1.26 bits per heavy atom. The molecule has 23 heavy (non-hydrogen) atoms. The number of halogens is 1. The third-order valence-electron chi connectivity index (χ3n) is 3.42. The molecule has 122 valence electrons. The van der Waals surface area contributed by atoms with Crippen molar-refractivity contribution in [2.45, 2.75) is 20.5 Å². The number of aryl methyl sites for hydroxylation is 2. The third-order valence-corrected chi connectivity index (χ3v) is 3.72. The van der Waals surface area contributed by atoms with Crippen LogP contribution in [0.1, 0.15) is 16.7 Å². The van der Waals surface area contributed by atoms with E-state index in [4.69, 9.17) is 16.3 Å². The van der Waals surface area contributed by atoms with Gasteiger partial charge in [-0.15, -0.1) is 0 Å². The molecule has 0 aromatic heterocycles. The van der Waals surface area contributed by atoms with E-state index in [0.29, 0.717) is 27.1 Å². The molecular formula is C17H18ClNO4. The molecule has 2 rings (SSSR count). The molecule has 1 amide bonds. The van der Waals surface area contributed by atoms with Crippen LogP contribution in [0.25, 0.3) is 0 Å². The highest BCUT2D eigenvalue weighted by molar-refractivity contribution is 6.32. The van der Waals surface area contributed by atoms with Crippen molar-refractivity contribution in [3.05, 3.63) is 58.1 Å². The fourth-order valence-corrected chi connectivity index (χ4v) is 2.42. The van der Waals surface area contributed by atoms with E-state index in [1.807, 2.05) is 32.0 Å². The summed E-state index contributed by atoms with van der Waals surface area (Å²) in [7, 11) is 1.20. The number of hydroxylamine groups is 1. The number of methoxy groups -OCH3 is 1. The minimum Gasteiger partial charge on any atom is -0.487 e. The molecule has 0 radical (unpaired) electrons. The van der Waals surface area contributed by atoms with Crippen molar-refractivity contribution in [1.82, 2.24) is 0 Å². The molecular weight excluding hydrogens is 318 g/mol. The number of anilines is 1. The van der Waals surface area contributed by atoms with Gasteiger partial charge in [0.1, 0.15) is 12.4 Å². The van der Waals surface area contributed by atoms with Crippen LogP contribution in [0.15, 0.2) is 36.4 Å². The zero-order chi connectivity index (χ0) is 17.0. The van der Waals surface area contributed by atoms with E-state index >= 15 is 0 Å². The lowest BCUT2D eigenvalue weighted by molar-refractivity contribution is 0.140. The van der Waals surface area contributed by atoms with Crippen LogP contribution >= 0.6 is 11.6 Å². The van der Waals surface area contributed by atoms with Crippen LogP contribution in [0, 0.1) is 13.8 Å². The van der Waals surface area contributed by atoms with E-state index in [9.17, 15) is 10.0 Å². The fraction of sp³-hybridized carbons (Fsp3) is 0.235. The average Bonchev–Trinajstić information content (AvgIpc) is 2.53. The zero-order valence-corrected chi connectivity index (χ0v) is 13.9. The number of benzene rings is 2. The smallest absolute Gasteiger partial charge is 0.438 e. The zero-order valence-electron chi connectivity index (χ0n) is 13.2. The highest BCUT2D eigenvalue weighted by atomic mass is 35.5. The summed E-state index contributed by atoms with van der Waals surface area (Å²) < 4.78 is 10.3. The Morgan fingerprint density at radius 3 is 2.65 bits per heavy atom. The molecule has 0 atom stereocenters. The van der Waals surface area contributed by atoms with Gasteiger partial charge in [-0.1, -0.05) is 29.8 Å². The Balaban J connectivity index is 2.27. The number of nitrogens with zero attached hydrogens (tertiary/aromatic N) is 1. The number of carbonyl (C=O) groups is 1. The molecule has 0 unspecified atom stereocenters. The van der Waals surface area contributed by atoms with Crippen molar-refractivity contribution < 1.29 is 19.5 Å². The lowest BCUT2D eigenvalue weighted by Crippen LogP contribution is -2.28. The third kappa shape index (κ3) is 3.94. The molecule has 1 N–H and O–H groups in total. The minimum atomic E-state index is -0.870. The summed E-state index contributed by atoms with van der Waals surface area (Å²) in [6.07, 6.45) is -0.870. The highest BCUT2D eigenvalue weighted by Crippen LogP contribution is 2.29. The predicted molar refractivity (Wildman–Crippen MR) is 88.4 cm³/mol. The molecule has 0 saturated carbocycles. The van der Waals surface area contributed by atoms with Crippen molar-refractivity contribution in [2.24, 2.45) is 0 Å². The molecule has 0 fully saturated rings. The Kier molecular flexibility index (Phi) is 5.47. The van der Waals surface area contributed by atoms with Gasteiger partial charge in [-0.25, -0.2) is 4.79 Å². The van der Waals surface area contributed by atoms with Gasteiger partial charge in [-0.05, 0) is 43.2 Å². The van der Waals surface area contributed by atoms with E-state index in [0.717, 1.165) is 11.1 Å². The Hall–Kier alpha value is -2.24. The number of hydrogen-bond donors (Lipinski definition) is 1. The molecule has 0 saturated heterocycles. The maximum atomic E-state index is 11.5. The SMILES string of the molecule is COC(=O)N(O)c1cccc(C)c1COc1ccc(C)cc1Cl. The number of carbonyl (C=O) groups excluding carboxylic acids is 1. The van der Waals surface area contributed by atoms with Crippen LogP contribution in [0.5, 0.6) is 5.75 Å². The second-order valence-corrected chi connectivity index (χ2v) is 5.48. The number of hydrogen-bond acceptors (Lipinski definition) is 4. The van der Waals surface area contributed by atoms with E-state index in [1.165, 1.54) is 7.11 Å². The average molecular weight is 336 g/mol. The van der Waals surface area contributed by atoms with Crippen molar-refractivity contribution in [1.29, 1.82) is 0 Å². The van der Waals surface area contributed by atoms with Crippen LogP contribution in [-0.4, -0.2) is 18.4 Å². The van der Waals surface area contributed by atoms with Crippen molar-refractivity contribution in [3.63, 3.8) is 0 Å². The van der Waals surface area contributed by atoms with Crippen LogP contribution in [0.2, 0.25) is 5.02 Å². The normalized spacial score (nSPS) is 10.3. The number of ether oxygens (including phenoxy) is 2. The quantitative estimate of drug-likeness (QED) is 0.660.